The highest BCUT2D eigenvalue weighted by atomic mass is 16.2. The van der Waals surface area contributed by atoms with Crippen LogP contribution in [-0.4, -0.2) is 46.8 Å². The predicted molar refractivity (Wildman–Crippen MR) is 81.1 cm³/mol. The van der Waals surface area contributed by atoms with Gasteiger partial charge >= 0.3 is 0 Å². The molecular formula is C16H20N4O. The van der Waals surface area contributed by atoms with Crippen molar-refractivity contribution in [2.24, 2.45) is 0 Å². The maximum Gasteiger partial charge on any atom is 0.253 e. The Morgan fingerprint density at radius 3 is 2.86 bits per heavy atom. The van der Waals surface area contributed by atoms with E-state index in [-0.39, 0.29) is 5.91 Å². The van der Waals surface area contributed by atoms with Crippen molar-refractivity contribution < 1.29 is 4.79 Å². The summed E-state index contributed by atoms with van der Waals surface area (Å²) in [6.07, 6.45) is 4.72. The molecule has 21 heavy (non-hydrogen) atoms. The van der Waals surface area contributed by atoms with Crippen molar-refractivity contribution in [1.82, 2.24) is 20.0 Å². The Labute approximate surface area is 124 Å². The van der Waals surface area contributed by atoms with E-state index in [1.165, 1.54) is 0 Å². The number of hydrogen-bond donors (Lipinski definition) is 1. The second kappa shape index (κ2) is 6.10. The van der Waals surface area contributed by atoms with Gasteiger partial charge in [-0.15, -0.1) is 0 Å². The van der Waals surface area contributed by atoms with E-state index in [1.54, 1.807) is 6.20 Å². The maximum atomic E-state index is 12.4. The first-order chi connectivity index (χ1) is 10.2. The van der Waals surface area contributed by atoms with Crippen LogP contribution in [0.3, 0.4) is 0 Å². The molecule has 1 fully saturated rings. The number of hydrogen-bond acceptors (Lipinski definition) is 3. The molecule has 1 aromatic heterocycles. The Hall–Kier alpha value is -2.14. The summed E-state index contributed by atoms with van der Waals surface area (Å²) in [4.78, 5) is 14.3. The third-order valence-corrected chi connectivity index (χ3v) is 4.01. The first kappa shape index (κ1) is 13.8. The van der Waals surface area contributed by atoms with Gasteiger partial charge in [-0.05, 0) is 36.7 Å². The van der Waals surface area contributed by atoms with E-state index in [4.69, 9.17) is 0 Å². The zero-order valence-electron chi connectivity index (χ0n) is 12.2. The highest BCUT2D eigenvalue weighted by Crippen LogP contribution is 2.13. The van der Waals surface area contributed by atoms with Crippen LogP contribution in [0.5, 0.6) is 0 Å². The number of nitrogens with zero attached hydrogens (tertiary/aromatic N) is 3. The Morgan fingerprint density at radius 2 is 2.24 bits per heavy atom. The van der Waals surface area contributed by atoms with Crippen LogP contribution in [0.1, 0.15) is 22.3 Å². The summed E-state index contributed by atoms with van der Waals surface area (Å²) >= 11 is 0. The topological polar surface area (TPSA) is 50.2 Å². The summed E-state index contributed by atoms with van der Waals surface area (Å²) in [7, 11) is 1.89. The van der Waals surface area contributed by atoms with E-state index in [1.807, 2.05) is 53.2 Å². The highest BCUT2D eigenvalue weighted by Gasteiger charge is 2.23. The minimum atomic E-state index is 0.0920. The molecule has 0 bridgehead atoms. The molecule has 1 aromatic carbocycles. The molecule has 3 rings (SSSR count). The lowest BCUT2D eigenvalue weighted by Crippen LogP contribution is -2.38. The molecular weight excluding hydrogens is 264 g/mol. The molecule has 0 spiro atoms. The number of carbonyl (C=O) groups excluding carboxylic acids is 1. The van der Waals surface area contributed by atoms with Crippen molar-refractivity contribution in [2.75, 3.05) is 20.1 Å². The van der Waals surface area contributed by atoms with E-state index < -0.39 is 0 Å². The van der Waals surface area contributed by atoms with Gasteiger partial charge in [-0.25, -0.2) is 0 Å². The number of nitrogens with one attached hydrogen (secondary N) is 1. The van der Waals surface area contributed by atoms with Gasteiger partial charge < -0.3 is 10.2 Å². The van der Waals surface area contributed by atoms with Gasteiger partial charge in [-0.2, -0.15) is 5.10 Å². The van der Waals surface area contributed by atoms with Gasteiger partial charge in [0.1, 0.15) is 0 Å². The van der Waals surface area contributed by atoms with Crippen molar-refractivity contribution in [3.05, 3.63) is 53.9 Å². The number of rotatable bonds is 4. The van der Waals surface area contributed by atoms with Crippen molar-refractivity contribution in [1.29, 1.82) is 0 Å². The molecule has 110 valence electrons. The summed E-state index contributed by atoms with van der Waals surface area (Å²) < 4.78 is 1.87. The summed E-state index contributed by atoms with van der Waals surface area (Å²) in [5.41, 5.74) is 1.88. The fourth-order valence-electron chi connectivity index (χ4n) is 2.67. The van der Waals surface area contributed by atoms with E-state index in [0.717, 1.165) is 37.2 Å². The zero-order valence-corrected chi connectivity index (χ0v) is 12.2. The molecule has 0 saturated carbocycles. The first-order valence-electron chi connectivity index (χ1n) is 7.28. The molecule has 2 aromatic rings. The quantitative estimate of drug-likeness (QED) is 0.922. The van der Waals surface area contributed by atoms with Gasteiger partial charge in [0.25, 0.3) is 5.91 Å². The predicted octanol–water partition coefficient (Wildman–Crippen LogP) is 1.37. The minimum Gasteiger partial charge on any atom is -0.337 e. The lowest BCUT2D eigenvalue weighted by Gasteiger charge is -2.23. The molecule has 1 N–H and O–H groups in total. The molecule has 1 atom stereocenters. The van der Waals surface area contributed by atoms with Gasteiger partial charge in [0.2, 0.25) is 0 Å². The molecule has 1 amide bonds. The average molecular weight is 284 g/mol. The molecule has 0 radical (unpaired) electrons. The van der Waals surface area contributed by atoms with Crippen LogP contribution < -0.4 is 5.32 Å². The smallest absolute Gasteiger partial charge is 0.253 e. The van der Waals surface area contributed by atoms with Crippen LogP contribution in [0.25, 0.3) is 0 Å². The van der Waals surface area contributed by atoms with Crippen LogP contribution >= 0.6 is 0 Å². The molecule has 1 saturated heterocycles. The zero-order chi connectivity index (χ0) is 14.7. The fourth-order valence-corrected chi connectivity index (χ4v) is 2.67. The molecule has 5 nitrogen and oxygen atoms in total. The lowest BCUT2D eigenvalue weighted by atomic mass is 10.1. The van der Waals surface area contributed by atoms with Crippen LogP contribution in [0.15, 0.2) is 42.7 Å². The van der Waals surface area contributed by atoms with Crippen molar-refractivity contribution >= 4 is 5.91 Å². The largest absolute Gasteiger partial charge is 0.337 e. The Kier molecular flexibility index (Phi) is 4.01. The van der Waals surface area contributed by atoms with Gasteiger partial charge in [-0.1, -0.05) is 12.1 Å². The van der Waals surface area contributed by atoms with Gasteiger partial charge in [0.05, 0.1) is 6.54 Å². The molecule has 1 unspecified atom stereocenters. The van der Waals surface area contributed by atoms with Crippen molar-refractivity contribution in [2.45, 2.75) is 19.0 Å². The Balaban J connectivity index is 1.67. The second-order valence-electron chi connectivity index (χ2n) is 5.46. The number of amides is 1. The average Bonchev–Trinajstić information content (AvgIpc) is 3.20. The van der Waals surface area contributed by atoms with Crippen molar-refractivity contribution in [3.63, 3.8) is 0 Å². The van der Waals surface area contributed by atoms with Crippen LogP contribution in [0.2, 0.25) is 0 Å². The van der Waals surface area contributed by atoms with E-state index in [9.17, 15) is 4.79 Å². The van der Waals surface area contributed by atoms with Crippen LogP contribution in [-0.2, 0) is 6.54 Å². The van der Waals surface area contributed by atoms with Gasteiger partial charge in [-0.3, -0.25) is 9.48 Å². The first-order valence-corrected chi connectivity index (χ1v) is 7.28. The minimum absolute atomic E-state index is 0.0920. The highest BCUT2D eigenvalue weighted by molar-refractivity contribution is 5.94. The third kappa shape index (κ3) is 3.13. The summed E-state index contributed by atoms with van der Waals surface area (Å²) in [5.74, 6) is 0.0920. The number of aromatic nitrogens is 2. The van der Waals surface area contributed by atoms with E-state index >= 15 is 0 Å². The lowest BCUT2D eigenvalue weighted by molar-refractivity contribution is 0.0744. The Morgan fingerprint density at radius 1 is 1.43 bits per heavy atom. The standard InChI is InChI=1S/C16H20N4O/c1-19(15-7-9-17-11-15)16(21)14-5-3-13(4-6-14)12-20-10-2-8-18-20/h2-6,8,10,15,17H,7,9,11-12H2,1H3. The van der Waals surface area contributed by atoms with Gasteiger partial charge in [0.15, 0.2) is 0 Å². The van der Waals surface area contributed by atoms with Crippen LogP contribution in [0.4, 0.5) is 0 Å². The summed E-state index contributed by atoms with van der Waals surface area (Å²) in [6.45, 7) is 2.61. The molecule has 1 aliphatic rings. The number of benzene rings is 1. The molecule has 2 heterocycles. The third-order valence-electron chi connectivity index (χ3n) is 4.01. The van der Waals surface area contributed by atoms with E-state index in [2.05, 4.69) is 10.4 Å². The summed E-state index contributed by atoms with van der Waals surface area (Å²) in [6, 6.07) is 10.0. The monoisotopic (exact) mass is 284 g/mol. The molecule has 0 aliphatic carbocycles. The van der Waals surface area contributed by atoms with Gasteiger partial charge in [0, 0.05) is 37.6 Å². The molecule has 5 heteroatoms. The molecule has 1 aliphatic heterocycles. The Bertz CT molecular complexity index is 585. The van der Waals surface area contributed by atoms with Crippen LogP contribution in [0, 0.1) is 0 Å². The fraction of sp³-hybridized carbons (Fsp3) is 0.375. The number of likely N-dealkylation sites (N-methyl/N-ethyl adjacent to an activating group) is 1. The summed E-state index contributed by atoms with van der Waals surface area (Å²) in [5, 5.41) is 7.47. The number of carbonyl (C=O) groups is 1. The van der Waals surface area contributed by atoms with E-state index in [0.29, 0.717) is 6.04 Å². The normalized spacial score (nSPS) is 17.9. The maximum absolute atomic E-state index is 12.4. The SMILES string of the molecule is CN(C(=O)c1ccc(Cn2cccn2)cc1)C1CCNC1. The second-order valence-corrected chi connectivity index (χ2v) is 5.46. The van der Waals surface area contributed by atoms with Crippen molar-refractivity contribution in [3.8, 4) is 0 Å².